The van der Waals surface area contributed by atoms with Crippen molar-refractivity contribution in [2.45, 2.75) is 25.9 Å². The Morgan fingerprint density at radius 1 is 1.57 bits per heavy atom. The predicted molar refractivity (Wildman–Crippen MR) is 78.0 cm³/mol. The van der Waals surface area contributed by atoms with Crippen molar-refractivity contribution in [3.05, 3.63) is 45.2 Å². The fraction of sp³-hybridized carbons (Fsp3) is 0.308. The van der Waals surface area contributed by atoms with Gasteiger partial charge in [0, 0.05) is 18.0 Å². The molecule has 2 aromatic rings. The number of aryl methyl sites for hydroxylation is 1. The third-order valence-electron chi connectivity index (χ3n) is 2.98. The van der Waals surface area contributed by atoms with E-state index in [4.69, 9.17) is 11.6 Å². The fourth-order valence-electron chi connectivity index (χ4n) is 1.80. The molecule has 8 heteroatoms. The van der Waals surface area contributed by atoms with Crippen LogP contribution in [0.15, 0.2) is 18.2 Å². The number of hydrogen-bond donors (Lipinski definition) is 2. The summed E-state index contributed by atoms with van der Waals surface area (Å²) in [5, 5.41) is 16.4. The lowest BCUT2D eigenvalue weighted by molar-refractivity contribution is -0.139. The van der Waals surface area contributed by atoms with Crippen LogP contribution in [0.25, 0.3) is 0 Å². The molecule has 0 spiro atoms. The topological polar surface area (TPSA) is 75.1 Å². The summed E-state index contributed by atoms with van der Waals surface area (Å²) in [7, 11) is 0. The van der Waals surface area contributed by atoms with Gasteiger partial charge in [-0.15, -0.1) is 5.10 Å². The molecule has 1 aromatic heterocycles. The third kappa shape index (κ3) is 4.20. The van der Waals surface area contributed by atoms with Crippen LogP contribution in [0.1, 0.15) is 16.1 Å². The smallest absolute Gasteiger partial charge is 0.321 e. The Labute approximate surface area is 129 Å². The Morgan fingerprint density at radius 3 is 2.95 bits per heavy atom. The molecular formula is C13H13ClFN3O2S. The van der Waals surface area contributed by atoms with Gasteiger partial charge in [0.15, 0.2) is 0 Å². The Morgan fingerprint density at radius 2 is 2.33 bits per heavy atom. The highest BCUT2D eigenvalue weighted by Crippen LogP contribution is 2.17. The molecule has 1 aromatic carbocycles. The molecule has 1 atom stereocenters. The molecule has 0 aliphatic carbocycles. The number of benzene rings is 1. The molecule has 0 radical (unpaired) electrons. The van der Waals surface area contributed by atoms with Gasteiger partial charge in [-0.2, -0.15) is 0 Å². The number of carbonyl (C=O) groups is 1. The summed E-state index contributed by atoms with van der Waals surface area (Å²) < 4.78 is 17.5. The molecular weight excluding hydrogens is 317 g/mol. The first-order chi connectivity index (χ1) is 9.97. The van der Waals surface area contributed by atoms with Crippen molar-refractivity contribution in [2.24, 2.45) is 0 Å². The van der Waals surface area contributed by atoms with E-state index in [0.29, 0.717) is 11.6 Å². The molecule has 0 saturated heterocycles. The van der Waals surface area contributed by atoms with E-state index in [1.807, 2.05) is 0 Å². The fourth-order valence-corrected chi connectivity index (χ4v) is 2.57. The highest BCUT2D eigenvalue weighted by Gasteiger charge is 2.20. The van der Waals surface area contributed by atoms with Gasteiger partial charge in [-0.3, -0.25) is 10.1 Å². The first kappa shape index (κ1) is 15.8. The standard InChI is InChI=1S/C13H13ClFN3O2S/c1-7-12(21-18-17-7)6-16-11(13(19)20)5-8-4-9(14)2-3-10(8)15/h2-4,11,16H,5-6H2,1H3,(H,19,20)/t11-/m1/s1. The Bertz CT molecular complexity index is 650. The lowest BCUT2D eigenvalue weighted by Gasteiger charge is -2.14. The average molecular weight is 330 g/mol. The van der Waals surface area contributed by atoms with Crippen LogP contribution in [0.4, 0.5) is 4.39 Å². The van der Waals surface area contributed by atoms with Gasteiger partial charge in [0.05, 0.1) is 10.6 Å². The number of halogens is 2. The minimum atomic E-state index is -1.05. The number of aromatic nitrogens is 2. The zero-order valence-electron chi connectivity index (χ0n) is 11.1. The zero-order chi connectivity index (χ0) is 15.4. The van der Waals surface area contributed by atoms with Crippen molar-refractivity contribution in [1.82, 2.24) is 14.9 Å². The quantitative estimate of drug-likeness (QED) is 0.851. The average Bonchev–Trinajstić information content (AvgIpc) is 2.83. The van der Waals surface area contributed by atoms with Crippen molar-refractivity contribution in [3.63, 3.8) is 0 Å². The van der Waals surface area contributed by atoms with E-state index in [0.717, 1.165) is 10.6 Å². The first-order valence-electron chi connectivity index (χ1n) is 6.15. The van der Waals surface area contributed by atoms with Gasteiger partial charge in [-0.1, -0.05) is 16.1 Å². The van der Waals surface area contributed by atoms with E-state index in [9.17, 15) is 14.3 Å². The molecule has 0 fully saturated rings. The van der Waals surface area contributed by atoms with E-state index in [1.165, 1.54) is 29.7 Å². The molecule has 2 rings (SSSR count). The first-order valence-corrected chi connectivity index (χ1v) is 7.30. The Kier molecular flexibility index (Phi) is 5.22. The molecule has 21 heavy (non-hydrogen) atoms. The second-order valence-electron chi connectivity index (χ2n) is 4.49. The van der Waals surface area contributed by atoms with Crippen LogP contribution in [0, 0.1) is 12.7 Å². The van der Waals surface area contributed by atoms with Crippen molar-refractivity contribution >= 4 is 29.1 Å². The lowest BCUT2D eigenvalue weighted by atomic mass is 10.1. The maximum absolute atomic E-state index is 13.7. The number of nitrogens with one attached hydrogen (secondary N) is 1. The van der Waals surface area contributed by atoms with Gasteiger partial charge < -0.3 is 5.11 Å². The van der Waals surface area contributed by atoms with Gasteiger partial charge >= 0.3 is 5.97 Å². The van der Waals surface area contributed by atoms with Gasteiger partial charge in [-0.05, 0) is 42.2 Å². The van der Waals surface area contributed by atoms with E-state index in [2.05, 4.69) is 14.9 Å². The maximum Gasteiger partial charge on any atom is 0.321 e. The van der Waals surface area contributed by atoms with Crippen LogP contribution in [-0.4, -0.2) is 26.7 Å². The highest BCUT2D eigenvalue weighted by atomic mass is 35.5. The summed E-state index contributed by atoms with van der Waals surface area (Å²) in [5.74, 6) is -1.52. The molecule has 1 heterocycles. The van der Waals surface area contributed by atoms with E-state index in [1.54, 1.807) is 6.92 Å². The minimum Gasteiger partial charge on any atom is -0.480 e. The zero-order valence-corrected chi connectivity index (χ0v) is 12.7. The van der Waals surface area contributed by atoms with Crippen molar-refractivity contribution in [1.29, 1.82) is 0 Å². The van der Waals surface area contributed by atoms with Crippen LogP contribution >= 0.6 is 23.1 Å². The molecule has 2 N–H and O–H groups in total. The molecule has 0 amide bonds. The number of aliphatic carboxylic acids is 1. The SMILES string of the molecule is Cc1nnsc1CN[C@H](Cc1cc(Cl)ccc1F)C(=O)O. The normalized spacial score (nSPS) is 12.3. The maximum atomic E-state index is 13.7. The number of carboxylic acid groups (broad SMARTS) is 1. The van der Waals surface area contributed by atoms with Gasteiger partial charge in [0.25, 0.3) is 0 Å². The second kappa shape index (κ2) is 6.93. The molecule has 0 aliphatic rings. The lowest BCUT2D eigenvalue weighted by Crippen LogP contribution is -2.38. The number of rotatable bonds is 6. The molecule has 0 unspecified atom stereocenters. The van der Waals surface area contributed by atoms with Crippen LogP contribution in [0.3, 0.4) is 0 Å². The van der Waals surface area contributed by atoms with E-state index < -0.39 is 17.8 Å². The van der Waals surface area contributed by atoms with Gasteiger partial charge in [0.2, 0.25) is 0 Å². The van der Waals surface area contributed by atoms with E-state index >= 15 is 0 Å². The van der Waals surface area contributed by atoms with Gasteiger partial charge in [-0.25, -0.2) is 4.39 Å². The monoisotopic (exact) mass is 329 g/mol. The summed E-state index contributed by atoms with van der Waals surface area (Å²) in [4.78, 5) is 12.2. The van der Waals surface area contributed by atoms with Crippen molar-refractivity contribution < 1.29 is 14.3 Å². The molecule has 0 saturated carbocycles. The highest BCUT2D eigenvalue weighted by molar-refractivity contribution is 7.05. The molecule has 0 bridgehead atoms. The van der Waals surface area contributed by atoms with E-state index in [-0.39, 0.29) is 12.0 Å². The molecule has 112 valence electrons. The summed E-state index contributed by atoms with van der Waals surface area (Å²) in [5.41, 5.74) is 1.02. The predicted octanol–water partition coefficient (Wildman–Crippen LogP) is 2.42. The summed E-state index contributed by atoms with van der Waals surface area (Å²) in [6.07, 6.45) is 0.00695. The molecule has 0 aliphatic heterocycles. The van der Waals surface area contributed by atoms with Gasteiger partial charge in [0.1, 0.15) is 11.9 Å². The number of hydrogen-bond acceptors (Lipinski definition) is 5. The third-order valence-corrected chi connectivity index (χ3v) is 4.04. The van der Waals surface area contributed by atoms with Crippen LogP contribution in [-0.2, 0) is 17.8 Å². The summed E-state index contributed by atoms with van der Waals surface area (Å²) in [6.45, 7) is 2.12. The second-order valence-corrected chi connectivity index (χ2v) is 5.77. The van der Waals surface area contributed by atoms with Crippen molar-refractivity contribution in [2.75, 3.05) is 0 Å². The van der Waals surface area contributed by atoms with Crippen LogP contribution < -0.4 is 5.32 Å². The van der Waals surface area contributed by atoms with Crippen molar-refractivity contribution in [3.8, 4) is 0 Å². The minimum absolute atomic E-state index is 0.00695. The summed E-state index contributed by atoms with van der Waals surface area (Å²) >= 11 is 7.01. The van der Waals surface area contributed by atoms with Crippen LogP contribution in [0.2, 0.25) is 5.02 Å². The number of carboxylic acids is 1. The van der Waals surface area contributed by atoms with Crippen LogP contribution in [0.5, 0.6) is 0 Å². The largest absolute Gasteiger partial charge is 0.480 e. The Hall–Kier alpha value is -1.57. The summed E-state index contributed by atoms with van der Waals surface area (Å²) in [6, 6.07) is 3.18. The Balaban J connectivity index is 2.07. The number of nitrogens with zero attached hydrogens (tertiary/aromatic N) is 2. The molecule has 5 nitrogen and oxygen atoms in total.